The molecule has 8 heteroatoms. The molecule has 0 aliphatic heterocycles. The van der Waals surface area contributed by atoms with Gasteiger partial charge in [-0.25, -0.2) is 0 Å². The smallest absolute Gasteiger partial charge is 0.352 e. The third-order valence-corrected chi connectivity index (χ3v) is 3.55. The van der Waals surface area contributed by atoms with E-state index in [1.165, 1.54) is 13.8 Å². The molecule has 1 N–H and O–H groups in total. The van der Waals surface area contributed by atoms with Gasteiger partial charge in [-0.05, 0) is 27.2 Å². The van der Waals surface area contributed by atoms with Crippen molar-refractivity contribution in [2.75, 3.05) is 0 Å². The fourth-order valence-electron chi connectivity index (χ4n) is 1.63. The Morgan fingerprint density at radius 1 is 1.45 bits per heavy atom. The summed E-state index contributed by atoms with van der Waals surface area (Å²) in [7, 11) is 0. The molecule has 1 aromatic rings. The summed E-state index contributed by atoms with van der Waals surface area (Å²) < 4.78 is 39.1. The van der Waals surface area contributed by atoms with E-state index in [2.05, 4.69) is 10.4 Å². The SMILES string of the molecule is CCC(C)NC(=O)C(C)n1nc(C(F)(F)F)c(Cl)c1C. The van der Waals surface area contributed by atoms with Crippen molar-refractivity contribution in [1.82, 2.24) is 15.1 Å². The Labute approximate surface area is 120 Å². The van der Waals surface area contributed by atoms with Gasteiger partial charge in [-0.2, -0.15) is 18.3 Å². The Morgan fingerprint density at radius 3 is 2.40 bits per heavy atom. The maximum Gasteiger partial charge on any atom is 0.436 e. The average molecular weight is 312 g/mol. The maximum absolute atomic E-state index is 12.7. The van der Waals surface area contributed by atoms with Gasteiger partial charge >= 0.3 is 6.18 Å². The van der Waals surface area contributed by atoms with Crippen LogP contribution in [0.5, 0.6) is 0 Å². The van der Waals surface area contributed by atoms with Crippen LogP contribution in [0.3, 0.4) is 0 Å². The van der Waals surface area contributed by atoms with E-state index >= 15 is 0 Å². The van der Waals surface area contributed by atoms with Crippen molar-refractivity contribution >= 4 is 17.5 Å². The van der Waals surface area contributed by atoms with Crippen LogP contribution in [-0.2, 0) is 11.0 Å². The van der Waals surface area contributed by atoms with E-state index in [1.807, 2.05) is 13.8 Å². The lowest BCUT2D eigenvalue weighted by Gasteiger charge is -2.17. The zero-order chi connectivity index (χ0) is 15.7. The average Bonchev–Trinajstić information content (AvgIpc) is 2.65. The summed E-state index contributed by atoms with van der Waals surface area (Å²) >= 11 is 5.65. The number of halogens is 4. The third kappa shape index (κ3) is 3.45. The van der Waals surface area contributed by atoms with Gasteiger partial charge in [0, 0.05) is 6.04 Å². The van der Waals surface area contributed by atoms with Gasteiger partial charge in [0.2, 0.25) is 5.91 Å². The minimum absolute atomic E-state index is 0.0571. The molecule has 2 unspecified atom stereocenters. The van der Waals surface area contributed by atoms with Crippen molar-refractivity contribution in [3.05, 3.63) is 16.4 Å². The highest BCUT2D eigenvalue weighted by atomic mass is 35.5. The normalized spacial score (nSPS) is 15.0. The Morgan fingerprint density at radius 2 is 2.00 bits per heavy atom. The van der Waals surface area contributed by atoms with Gasteiger partial charge in [-0.3, -0.25) is 9.48 Å². The number of nitrogens with one attached hydrogen (secondary N) is 1. The van der Waals surface area contributed by atoms with Crippen molar-refractivity contribution in [1.29, 1.82) is 0 Å². The number of hydrogen-bond donors (Lipinski definition) is 1. The molecule has 1 aromatic heterocycles. The first kappa shape index (κ1) is 16.8. The Hall–Kier alpha value is -1.24. The van der Waals surface area contributed by atoms with Gasteiger partial charge < -0.3 is 5.32 Å². The fourth-order valence-corrected chi connectivity index (χ4v) is 1.86. The number of alkyl halides is 3. The lowest BCUT2D eigenvalue weighted by atomic mass is 10.2. The summed E-state index contributed by atoms with van der Waals surface area (Å²) in [6.07, 6.45) is -3.91. The van der Waals surface area contributed by atoms with E-state index in [1.54, 1.807) is 0 Å². The van der Waals surface area contributed by atoms with Crippen molar-refractivity contribution in [2.24, 2.45) is 0 Å². The van der Waals surface area contributed by atoms with Gasteiger partial charge in [-0.15, -0.1) is 0 Å². The van der Waals surface area contributed by atoms with Crippen LogP contribution in [0.1, 0.15) is 44.6 Å². The molecule has 0 aliphatic carbocycles. The number of carbonyl (C=O) groups is 1. The van der Waals surface area contributed by atoms with Crippen molar-refractivity contribution < 1.29 is 18.0 Å². The molecule has 0 bridgehead atoms. The molecule has 114 valence electrons. The molecule has 2 atom stereocenters. The summed E-state index contributed by atoms with van der Waals surface area (Å²) in [5, 5.41) is 5.66. The highest BCUT2D eigenvalue weighted by molar-refractivity contribution is 6.32. The quantitative estimate of drug-likeness (QED) is 0.927. The van der Waals surface area contributed by atoms with Crippen molar-refractivity contribution in [3.63, 3.8) is 0 Å². The predicted octanol–water partition coefficient (Wildman–Crippen LogP) is 3.34. The third-order valence-electron chi connectivity index (χ3n) is 3.09. The minimum Gasteiger partial charge on any atom is -0.352 e. The summed E-state index contributed by atoms with van der Waals surface area (Å²) in [4.78, 5) is 11.9. The van der Waals surface area contributed by atoms with Crippen LogP contribution in [0.4, 0.5) is 13.2 Å². The molecule has 0 spiro atoms. The van der Waals surface area contributed by atoms with Crippen LogP contribution < -0.4 is 5.32 Å². The first-order chi connectivity index (χ1) is 9.09. The summed E-state index contributed by atoms with van der Waals surface area (Å²) in [6.45, 7) is 6.59. The first-order valence-electron chi connectivity index (χ1n) is 6.21. The second-order valence-electron chi connectivity index (χ2n) is 4.68. The summed E-state index contributed by atoms with van der Waals surface area (Å²) in [5.41, 5.74) is -1.05. The monoisotopic (exact) mass is 311 g/mol. The van der Waals surface area contributed by atoms with Crippen LogP contribution in [0.15, 0.2) is 0 Å². The molecule has 0 saturated heterocycles. The van der Waals surface area contributed by atoms with Crippen LogP contribution in [0.25, 0.3) is 0 Å². The lowest BCUT2D eigenvalue weighted by Crippen LogP contribution is -2.37. The number of amides is 1. The molecule has 0 aliphatic rings. The maximum atomic E-state index is 12.7. The van der Waals surface area contributed by atoms with Crippen molar-refractivity contribution in [2.45, 2.75) is 52.4 Å². The number of rotatable bonds is 4. The topological polar surface area (TPSA) is 46.9 Å². The highest BCUT2D eigenvalue weighted by Crippen LogP contribution is 2.36. The minimum atomic E-state index is -4.64. The van der Waals surface area contributed by atoms with Gasteiger partial charge in [-0.1, -0.05) is 18.5 Å². The molecular weight excluding hydrogens is 295 g/mol. The Balaban J connectivity index is 3.06. The number of hydrogen-bond acceptors (Lipinski definition) is 2. The molecule has 1 heterocycles. The summed E-state index contributed by atoms with van der Waals surface area (Å²) in [5.74, 6) is -0.393. The highest BCUT2D eigenvalue weighted by Gasteiger charge is 2.39. The van der Waals surface area contributed by atoms with Crippen LogP contribution in [-0.4, -0.2) is 21.7 Å². The molecule has 0 radical (unpaired) electrons. The second-order valence-corrected chi connectivity index (χ2v) is 5.06. The molecule has 0 fully saturated rings. The standard InChI is InChI=1S/C12H17ClF3N3O/c1-5-6(2)17-11(20)8(4)19-7(3)9(13)10(18-19)12(14,15)16/h6,8H,5H2,1-4H3,(H,17,20). The number of nitrogens with zero attached hydrogens (tertiary/aromatic N) is 2. The van der Waals surface area contributed by atoms with E-state index in [0.29, 0.717) is 0 Å². The van der Waals surface area contributed by atoms with Gasteiger partial charge in [0.25, 0.3) is 0 Å². The van der Waals surface area contributed by atoms with Gasteiger partial charge in [0.05, 0.1) is 10.7 Å². The number of carbonyl (C=O) groups excluding carboxylic acids is 1. The van der Waals surface area contributed by atoms with E-state index < -0.39 is 28.8 Å². The largest absolute Gasteiger partial charge is 0.436 e. The molecular formula is C12H17ClF3N3O. The molecule has 0 saturated carbocycles. The molecule has 4 nitrogen and oxygen atoms in total. The summed E-state index contributed by atoms with van der Waals surface area (Å²) in [6, 6.07) is -0.920. The van der Waals surface area contributed by atoms with E-state index in [-0.39, 0.29) is 11.7 Å². The molecule has 1 amide bonds. The Kier molecular flexibility index (Phi) is 5.07. The van der Waals surface area contributed by atoms with Gasteiger partial charge in [0.1, 0.15) is 6.04 Å². The predicted molar refractivity (Wildman–Crippen MR) is 69.6 cm³/mol. The van der Waals surface area contributed by atoms with Gasteiger partial charge in [0.15, 0.2) is 5.69 Å². The molecule has 1 rings (SSSR count). The van der Waals surface area contributed by atoms with Crippen LogP contribution >= 0.6 is 11.6 Å². The first-order valence-corrected chi connectivity index (χ1v) is 6.59. The number of aromatic nitrogens is 2. The van der Waals surface area contributed by atoms with Crippen LogP contribution in [0.2, 0.25) is 5.02 Å². The zero-order valence-electron chi connectivity index (χ0n) is 11.7. The fraction of sp³-hybridized carbons (Fsp3) is 0.667. The lowest BCUT2D eigenvalue weighted by molar-refractivity contribution is -0.141. The van der Waals surface area contributed by atoms with Crippen LogP contribution in [0, 0.1) is 6.92 Å². The van der Waals surface area contributed by atoms with E-state index in [0.717, 1.165) is 11.1 Å². The van der Waals surface area contributed by atoms with E-state index in [4.69, 9.17) is 11.6 Å². The second kappa shape index (κ2) is 6.03. The zero-order valence-corrected chi connectivity index (χ0v) is 12.4. The van der Waals surface area contributed by atoms with Crippen molar-refractivity contribution in [3.8, 4) is 0 Å². The van der Waals surface area contributed by atoms with E-state index in [9.17, 15) is 18.0 Å². The molecule has 20 heavy (non-hydrogen) atoms. The Bertz CT molecular complexity index is 499. The molecule has 0 aromatic carbocycles.